The van der Waals surface area contributed by atoms with Gasteiger partial charge in [0.2, 0.25) is 0 Å². The van der Waals surface area contributed by atoms with E-state index in [2.05, 4.69) is 11.8 Å². The Hall–Kier alpha value is -2.53. The molecule has 0 fully saturated rings. The maximum atomic E-state index is 12.1. The maximum absolute atomic E-state index is 12.1. The van der Waals surface area contributed by atoms with Gasteiger partial charge in [0.25, 0.3) is 0 Å². The largest absolute Gasteiger partial charge is 0.487 e. The molecule has 3 rings (SSSR count). The van der Waals surface area contributed by atoms with Crippen LogP contribution in [0.5, 0.6) is 5.75 Å². The molecule has 0 amide bonds. The van der Waals surface area contributed by atoms with Gasteiger partial charge < -0.3 is 4.74 Å². The highest BCUT2D eigenvalue weighted by atomic mass is 16.5. The first-order chi connectivity index (χ1) is 10.0. The van der Waals surface area contributed by atoms with Crippen molar-refractivity contribution in [2.24, 2.45) is 0 Å². The molecule has 2 heteroatoms. The number of hydrogen-bond acceptors (Lipinski definition) is 2. The zero-order valence-corrected chi connectivity index (χ0v) is 12.1. The summed E-state index contributed by atoms with van der Waals surface area (Å²) < 4.78 is 5.89. The van der Waals surface area contributed by atoms with Gasteiger partial charge in [0.15, 0.2) is 5.78 Å². The van der Waals surface area contributed by atoms with E-state index in [1.54, 1.807) is 0 Å². The molecule has 2 aromatic rings. The summed E-state index contributed by atoms with van der Waals surface area (Å²) in [7, 11) is 0. The quantitative estimate of drug-likeness (QED) is 0.684. The van der Waals surface area contributed by atoms with Crippen molar-refractivity contribution in [3.05, 3.63) is 65.2 Å². The molecule has 0 spiro atoms. The van der Waals surface area contributed by atoms with Crippen LogP contribution in [0, 0.1) is 11.8 Å². The van der Waals surface area contributed by atoms with E-state index >= 15 is 0 Å². The SMILES string of the molecule is CC1(C)CC(=O)c2ccc(C#Cc3ccccc3)cc2O1. The van der Waals surface area contributed by atoms with E-state index in [9.17, 15) is 4.79 Å². The Morgan fingerprint density at radius 1 is 1.00 bits per heavy atom. The van der Waals surface area contributed by atoms with Gasteiger partial charge in [0, 0.05) is 11.1 Å². The van der Waals surface area contributed by atoms with Crippen molar-refractivity contribution in [1.29, 1.82) is 0 Å². The molecule has 0 N–H and O–H groups in total. The van der Waals surface area contributed by atoms with Gasteiger partial charge in [-0.2, -0.15) is 0 Å². The zero-order valence-electron chi connectivity index (χ0n) is 12.1. The molecule has 0 unspecified atom stereocenters. The van der Waals surface area contributed by atoms with Crippen LogP contribution in [0.2, 0.25) is 0 Å². The highest BCUT2D eigenvalue weighted by Crippen LogP contribution is 2.33. The van der Waals surface area contributed by atoms with Crippen molar-refractivity contribution in [3.8, 4) is 17.6 Å². The molecule has 2 nitrogen and oxygen atoms in total. The molecule has 104 valence electrons. The second-order valence-electron chi connectivity index (χ2n) is 5.79. The monoisotopic (exact) mass is 276 g/mol. The summed E-state index contributed by atoms with van der Waals surface area (Å²) in [6.07, 6.45) is 0.412. The molecule has 0 saturated carbocycles. The second-order valence-corrected chi connectivity index (χ2v) is 5.79. The lowest BCUT2D eigenvalue weighted by atomic mass is 9.92. The first kappa shape index (κ1) is 13.5. The van der Waals surface area contributed by atoms with Crippen molar-refractivity contribution < 1.29 is 9.53 Å². The highest BCUT2D eigenvalue weighted by Gasteiger charge is 2.32. The zero-order chi connectivity index (χ0) is 14.9. The van der Waals surface area contributed by atoms with Crippen LogP contribution < -0.4 is 4.74 Å². The predicted molar refractivity (Wildman–Crippen MR) is 82.5 cm³/mol. The van der Waals surface area contributed by atoms with Crippen LogP contribution in [0.3, 0.4) is 0 Å². The standard InChI is InChI=1S/C19H16O2/c1-19(2)13-17(20)16-11-10-15(12-18(16)21-19)9-8-14-6-4-3-5-7-14/h3-7,10-12H,13H2,1-2H3. The van der Waals surface area contributed by atoms with E-state index < -0.39 is 5.60 Å². The Kier molecular flexibility index (Phi) is 3.27. The lowest BCUT2D eigenvalue weighted by molar-refractivity contribution is 0.0620. The number of hydrogen-bond donors (Lipinski definition) is 0. The van der Waals surface area contributed by atoms with Crippen LogP contribution in [0.4, 0.5) is 0 Å². The van der Waals surface area contributed by atoms with Gasteiger partial charge in [-0.05, 0) is 44.2 Å². The number of fused-ring (bicyclic) bond motifs is 1. The number of Topliss-reactive ketones (excluding diaryl/α,β-unsaturated/α-hetero) is 1. The first-order valence-electron chi connectivity index (χ1n) is 6.97. The van der Waals surface area contributed by atoms with Gasteiger partial charge in [0.05, 0.1) is 12.0 Å². The molecule has 0 aromatic heterocycles. The molecule has 0 atom stereocenters. The normalized spacial score (nSPS) is 15.4. The van der Waals surface area contributed by atoms with Crippen LogP contribution in [-0.2, 0) is 0 Å². The van der Waals surface area contributed by atoms with E-state index in [0.717, 1.165) is 11.1 Å². The second kappa shape index (κ2) is 5.10. The number of ketones is 1. The Labute approximate surface area is 124 Å². The summed E-state index contributed by atoms with van der Waals surface area (Å²) in [5.74, 6) is 6.98. The van der Waals surface area contributed by atoms with Gasteiger partial charge in [-0.15, -0.1) is 0 Å². The van der Waals surface area contributed by atoms with Crippen molar-refractivity contribution in [2.75, 3.05) is 0 Å². The van der Waals surface area contributed by atoms with Crippen molar-refractivity contribution in [1.82, 2.24) is 0 Å². The molecule has 0 bridgehead atoms. The summed E-state index contributed by atoms with van der Waals surface area (Å²) in [6.45, 7) is 3.85. The van der Waals surface area contributed by atoms with E-state index in [1.807, 2.05) is 62.4 Å². The number of rotatable bonds is 0. The Morgan fingerprint density at radius 3 is 2.48 bits per heavy atom. The minimum Gasteiger partial charge on any atom is -0.487 e. The van der Waals surface area contributed by atoms with Gasteiger partial charge in [-0.25, -0.2) is 0 Å². The number of carbonyl (C=O) groups excluding carboxylic acids is 1. The molecule has 2 aromatic carbocycles. The third kappa shape index (κ3) is 2.98. The predicted octanol–water partition coefficient (Wildman–Crippen LogP) is 3.83. The summed E-state index contributed by atoms with van der Waals surface area (Å²) in [6, 6.07) is 15.3. The van der Waals surface area contributed by atoms with Gasteiger partial charge in [-0.1, -0.05) is 30.0 Å². The molecule has 0 aliphatic carbocycles. The summed E-state index contributed by atoms with van der Waals surface area (Å²) in [4.78, 5) is 12.1. The van der Waals surface area contributed by atoms with E-state index in [1.165, 1.54) is 0 Å². The fraction of sp³-hybridized carbons (Fsp3) is 0.211. The van der Waals surface area contributed by atoms with E-state index in [4.69, 9.17) is 4.74 Å². The average Bonchev–Trinajstić information content (AvgIpc) is 2.44. The molecule has 1 heterocycles. The van der Waals surface area contributed by atoms with Crippen LogP contribution in [0.15, 0.2) is 48.5 Å². The minimum atomic E-state index is -0.449. The third-order valence-corrected chi connectivity index (χ3v) is 3.38. The van der Waals surface area contributed by atoms with Crippen molar-refractivity contribution in [3.63, 3.8) is 0 Å². The molecule has 0 saturated heterocycles. The van der Waals surface area contributed by atoms with Crippen molar-refractivity contribution in [2.45, 2.75) is 25.9 Å². The smallest absolute Gasteiger partial charge is 0.170 e. The topological polar surface area (TPSA) is 26.3 Å². The molecular weight excluding hydrogens is 260 g/mol. The van der Waals surface area contributed by atoms with Crippen LogP contribution in [0.25, 0.3) is 0 Å². The summed E-state index contributed by atoms with van der Waals surface area (Å²) in [5, 5.41) is 0. The molecular formula is C19H16O2. The average molecular weight is 276 g/mol. The fourth-order valence-electron chi connectivity index (χ4n) is 2.40. The molecule has 1 aliphatic heterocycles. The lowest BCUT2D eigenvalue weighted by Gasteiger charge is -2.31. The first-order valence-corrected chi connectivity index (χ1v) is 6.97. The van der Waals surface area contributed by atoms with Gasteiger partial charge in [0.1, 0.15) is 11.4 Å². The molecule has 1 aliphatic rings. The third-order valence-electron chi connectivity index (χ3n) is 3.38. The minimum absolute atomic E-state index is 0.129. The lowest BCUT2D eigenvalue weighted by Crippen LogP contribution is -2.35. The molecule has 0 radical (unpaired) electrons. The van der Waals surface area contributed by atoms with Gasteiger partial charge >= 0.3 is 0 Å². The van der Waals surface area contributed by atoms with Gasteiger partial charge in [-0.3, -0.25) is 4.79 Å². The maximum Gasteiger partial charge on any atom is 0.170 e. The van der Waals surface area contributed by atoms with E-state index in [0.29, 0.717) is 17.7 Å². The Bertz CT molecular complexity index is 746. The van der Waals surface area contributed by atoms with Crippen LogP contribution in [0.1, 0.15) is 41.8 Å². The summed E-state index contributed by atoms with van der Waals surface area (Å²) >= 11 is 0. The van der Waals surface area contributed by atoms with Crippen LogP contribution in [-0.4, -0.2) is 11.4 Å². The fourth-order valence-corrected chi connectivity index (χ4v) is 2.40. The molecule has 21 heavy (non-hydrogen) atoms. The number of carbonyl (C=O) groups is 1. The highest BCUT2D eigenvalue weighted by molar-refractivity contribution is 6.00. The Balaban J connectivity index is 1.94. The number of ether oxygens (including phenoxy) is 1. The summed E-state index contributed by atoms with van der Waals surface area (Å²) in [5.41, 5.74) is 2.02. The van der Waals surface area contributed by atoms with E-state index in [-0.39, 0.29) is 5.78 Å². The number of benzene rings is 2. The van der Waals surface area contributed by atoms with Crippen LogP contribution >= 0.6 is 0 Å². The van der Waals surface area contributed by atoms with Crippen molar-refractivity contribution >= 4 is 5.78 Å². The Morgan fingerprint density at radius 2 is 1.71 bits per heavy atom.